The number of carbonyl (C=O) groups excluding carboxylic acids is 1. The summed E-state index contributed by atoms with van der Waals surface area (Å²) >= 11 is 0. The molecule has 1 aromatic carbocycles. The average molecular weight is 716 g/mol. The van der Waals surface area contributed by atoms with Crippen LogP contribution in [0.1, 0.15) is 30.1 Å². The second-order valence-corrected chi connectivity index (χ2v) is 10.4. The zero-order chi connectivity index (χ0) is 35.8. The number of ether oxygens (including phenoxy) is 12. The van der Waals surface area contributed by atoms with Gasteiger partial charge in [0.15, 0.2) is 0 Å². The Morgan fingerprint density at radius 1 is 0.520 bits per heavy atom. The van der Waals surface area contributed by atoms with E-state index in [-0.39, 0.29) is 12.6 Å². The molecule has 0 saturated heterocycles. The number of esters is 1. The summed E-state index contributed by atoms with van der Waals surface area (Å²) in [6.07, 6.45) is 7.32. The second-order valence-electron chi connectivity index (χ2n) is 10.4. The summed E-state index contributed by atoms with van der Waals surface area (Å²) < 4.78 is 64.8. The van der Waals surface area contributed by atoms with Crippen molar-refractivity contribution in [2.45, 2.75) is 19.8 Å². The van der Waals surface area contributed by atoms with Crippen LogP contribution in [0, 0.1) is 12.3 Å². The van der Waals surface area contributed by atoms with Gasteiger partial charge in [0.1, 0.15) is 13.2 Å². The maximum absolute atomic E-state index is 12.1. The summed E-state index contributed by atoms with van der Waals surface area (Å²) in [5, 5.41) is 3.32. The zero-order valence-electron chi connectivity index (χ0n) is 30.1. The average Bonchev–Trinajstić information content (AvgIpc) is 3.13. The van der Waals surface area contributed by atoms with Crippen molar-refractivity contribution in [3.8, 4) is 12.3 Å². The maximum Gasteiger partial charge on any atom is 0.338 e. The summed E-state index contributed by atoms with van der Waals surface area (Å²) in [7, 11) is 0. The van der Waals surface area contributed by atoms with E-state index in [9.17, 15) is 4.79 Å². The fourth-order valence-electron chi connectivity index (χ4n) is 3.74. The third-order valence-corrected chi connectivity index (χ3v) is 6.35. The summed E-state index contributed by atoms with van der Waals surface area (Å²) in [6, 6.07) is 7.28. The van der Waals surface area contributed by atoms with Gasteiger partial charge in [0.05, 0.1) is 144 Å². The number of hydrogen-bond acceptors (Lipinski definition) is 14. The van der Waals surface area contributed by atoms with E-state index in [1.807, 2.05) is 12.1 Å². The molecule has 0 unspecified atom stereocenters. The van der Waals surface area contributed by atoms with Gasteiger partial charge in [-0.1, -0.05) is 19.3 Å². The monoisotopic (exact) mass is 715 g/mol. The van der Waals surface area contributed by atoms with Crippen molar-refractivity contribution in [1.29, 1.82) is 0 Å². The summed E-state index contributed by atoms with van der Waals surface area (Å²) in [6.45, 7) is 13.6. The Labute approximate surface area is 298 Å². The van der Waals surface area contributed by atoms with Crippen LogP contribution in [0.2, 0.25) is 0 Å². The number of carbonyl (C=O) groups is 1. The fourth-order valence-corrected chi connectivity index (χ4v) is 3.74. The highest BCUT2D eigenvalue weighted by atomic mass is 16.6. The maximum atomic E-state index is 12.1. The molecule has 0 aliphatic carbocycles. The number of nitrogens with one attached hydrogen (secondary N) is 1. The van der Waals surface area contributed by atoms with Crippen LogP contribution in [0.5, 0.6) is 0 Å². The van der Waals surface area contributed by atoms with Gasteiger partial charge in [-0.15, -0.1) is 6.42 Å². The SMILES string of the molecule is C#CCOCCOCCOCCOCCOCCOCCOCCOCCOCCOCCOCCOC(=O)c1ccc(NCCCC)cc1. The standard InChI is InChI=1S/C36H61NO13/c1-3-5-10-37-35-8-6-34(7-9-35)36(38)50-33-32-49-31-30-48-29-28-47-27-26-46-25-24-45-23-22-44-21-20-43-19-18-42-17-16-41-15-14-40-13-12-39-11-4-2/h2,6-9,37H,3,5,10-33H2,1H3. The van der Waals surface area contributed by atoms with Crippen LogP contribution in [-0.2, 0) is 56.8 Å². The quantitative estimate of drug-likeness (QED) is 0.0607. The van der Waals surface area contributed by atoms with Gasteiger partial charge in [-0.25, -0.2) is 4.79 Å². The van der Waals surface area contributed by atoms with E-state index < -0.39 is 0 Å². The van der Waals surface area contributed by atoms with Gasteiger partial charge in [-0.3, -0.25) is 0 Å². The highest BCUT2D eigenvalue weighted by molar-refractivity contribution is 5.89. The minimum Gasteiger partial charge on any atom is -0.460 e. The third kappa shape index (κ3) is 31.6. The van der Waals surface area contributed by atoms with Crippen LogP contribution in [0.3, 0.4) is 0 Å². The Hall–Kier alpha value is -2.39. The normalized spacial score (nSPS) is 11.1. The molecule has 0 amide bonds. The molecular formula is C36H61NO13. The van der Waals surface area contributed by atoms with Crippen LogP contribution < -0.4 is 5.32 Å². The molecule has 0 aromatic heterocycles. The predicted molar refractivity (Wildman–Crippen MR) is 188 cm³/mol. The third-order valence-electron chi connectivity index (χ3n) is 6.35. The molecule has 0 fully saturated rings. The van der Waals surface area contributed by atoms with Gasteiger partial charge in [-0.2, -0.15) is 0 Å². The molecule has 0 spiro atoms. The molecule has 0 heterocycles. The van der Waals surface area contributed by atoms with Crippen molar-refractivity contribution in [3.63, 3.8) is 0 Å². The molecule has 0 saturated carbocycles. The van der Waals surface area contributed by atoms with E-state index in [0.717, 1.165) is 25.1 Å². The molecule has 14 heteroatoms. The Bertz CT molecular complexity index is 901. The van der Waals surface area contributed by atoms with E-state index in [4.69, 9.17) is 63.3 Å². The van der Waals surface area contributed by atoms with Crippen LogP contribution in [0.15, 0.2) is 24.3 Å². The summed E-state index contributed by atoms with van der Waals surface area (Å²) in [5.74, 6) is 2.03. The number of anilines is 1. The van der Waals surface area contributed by atoms with Crippen molar-refractivity contribution >= 4 is 11.7 Å². The van der Waals surface area contributed by atoms with Crippen molar-refractivity contribution in [2.24, 2.45) is 0 Å². The number of hydrogen-bond donors (Lipinski definition) is 1. The van der Waals surface area contributed by atoms with E-state index in [2.05, 4.69) is 18.2 Å². The molecule has 0 aliphatic heterocycles. The van der Waals surface area contributed by atoms with Gasteiger partial charge in [0.25, 0.3) is 0 Å². The molecule has 0 radical (unpaired) electrons. The van der Waals surface area contributed by atoms with Crippen LogP contribution in [-0.4, -0.2) is 164 Å². The molecular weight excluding hydrogens is 654 g/mol. The lowest BCUT2D eigenvalue weighted by Gasteiger charge is -2.09. The lowest BCUT2D eigenvalue weighted by molar-refractivity contribution is -0.0278. The minimum absolute atomic E-state index is 0.188. The molecule has 0 atom stereocenters. The van der Waals surface area contributed by atoms with Crippen molar-refractivity contribution in [2.75, 3.05) is 164 Å². The molecule has 0 bridgehead atoms. The predicted octanol–water partition coefficient (Wildman–Crippen LogP) is 2.87. The van der Waals surface area contributed by atoms with E-state index in [1.165, 1.54) is 0 Å². The first-order valence-electron chi connectivity index (χ1n) is 17.6. The van der Waals surface area contributed by atoms with Gasteiger partial charge >= 0.3 is 5.97 Å². The van der Waals surface area contributed by atoms with Gasteiger partial charge in [-0.05, 0) is 30.7 Å². The van der Waals surface area contributed by atoms with Gasteiger partial charge in [0, 0.05) is 12.2 Å². The Kier molecular flexibility index (Phi) is 34.5. The first-order valence-corrected chi connectivity index (χ1v) is 17.6. The largest absolute Gasteiger partial charge is 0.460 e. The molecule has 50 heavy (non-hydrogen) atoms. The molecule has 288 valence electrons. The van der Waals surface area contributed by atoms with E-state index in [0.29, 0.717) is 151 Å². The molecule has 14 nitrogen and oxygen atoms in total. The zero-order valence-corrected chi connectivity index (χ0v) is 30.1. The second kappa shape index (κ2) is 37.9. The number of benzene rings is 1. The Balaban J connectivity index is 1.69. The number of terminal acetylenes is 1. The van der Waals surface area contributed by atoms with Crippen molar-refractivity contribution in [1.82, 2.24) is 0 Å². The molecule has 1 N–H and O–H groups in total. The topological polar surface area (TPSA) is 140 Å². The fraction of sp³-hybridized carbons (Fsp3) is 0.750. The van der Waals surface area contributed by atoms with Crippen LogP contribution >= 0.6 is 0 Å². The van der Waals surface area contributed by atoms with Gasteiger partial charge < -0.3 is 62.2 Å². The highest BCUT2D eigenvalue weighted by Gasteiger charge is 2.07. The van der Waals surface area contributed by atoms with Crippen LogP contribution in [0.25, 0.3) is 0 Å². The number of unbranched alkanes of at least 4 members (excludes halogenated alkanes) is 1. The minimum atomic E-state index is -0.363. The Morgan fingerprint density at radius 3 is 1.16 bits per heavy atom. The molecule has 1 aromatic rings. The first-order chi connectivity index (χ1) is 24.8. The summed E-state index contributed by atoms with van der Waals surface area (Å²) in [5.41, 5.74) is 1.51. The van der Waals surface area contributed by atoms with Crippen molar-refractivity contribution < 1.29 is 61.6 Å². The lowest BCUT2D eigenvalue weighted by Crippen LogP contribution is -2.15. The van der Waals surface area contributed by atoms with E-state index in [1.54, 1.807) is 12.1 Å². The molecule has 1 rings (SSSR count). The number of rotatable bonds is 39. The first kappa shape index (κ1) is 45.6. The molecule has 0 aliphatic rings. The van der Waals surface area contributed by atoms with Gasteiger partial charge in [0.2, 0.25) is 0 Å². The smallest absolute Gasteiger partial charge is 0.338 e. The van der Waals surface area contributed by atoms with E-state index >= 15 is 0 Å². The summed E-state index contributed by atoms with van der Waals surface area (Å²) in [4.78, 5) is 12.1. The van der Waals surface area contributed by atoms with Crippen molar-refractivity contribution in [3.05, 3.63) is 29.8 Å². The highest BCUT2D eigenvalue weighted by Crippen LogP contribution is 2.11. The Morgan fingerprint density at radius 2 is 0.840 bits per heavy atom. The lowest BCUT2D eigenvalue weighted by atomic mass is 10.2. The van der Waals surface area contributed by atoms with Crippen LogP contribution in [0.4, 0.5) is 5.69 Å².